The van der Waals surface area contributed by atoms with E-state index in [2.05, 4.69) is 15.0 Å². The van der Waals surface area contributed by atoms with Crippen molar-refractivity contribution in [3.8, 4) is 0 Å². The third kappa shape index (κ3) is 3.81. The number of imidazole rings is 1. The third-order valence-corrected chi connectivity index (χ3v) is 2.95. The zero-order valence-electron chi connectivity index (χ0n) is 12.8. The Hall–Kier alpha value is -1.52. The Morgan fingerprint density at radius 2 is 1.91 bits per heavy atom. The molecule has 10 heteroatoms. The Bertz CT molecular complexity index is 623. The number of quaternary nitrogens is 1. The first kappa shape index (κ1) is 18.5. The van der Waals surface area contributed by atoms with Gasteiger partial charge in [0.05, 0.1) is 40.7 Å². The van der Waals surface area contributed by atoms with E-state index in [-0.39, 0.29) is 38.3 Å². The van der Waals surface area contributed by atoms with Crippen LogP contribution in [0.5, 0.6) is 0 Å². The van der Waals surface area contributed by atoms with Gasteiger partial charge in [0.1, 0.15) is 12.8 Å². The lowest BCUT2D eigenvalue weighted by Crippen LogP contribution is -3.00. The molecule has 0 bridgehead atoms. The summed E-state index contributed by atoms with van der Waals surface area (Å²) >= 11 is 0. The molecule has 9 nitrogen and oxygen atoms in total. The van der Waals surface area contributed by atoms with Gasteiger partial charge >= 0.3 is 0 Å². The quantitative estimate of drug-likeness (QED) is 0.460. The smallest absolute Gasteiger partial charge is 0.260 e. The fraction of sp³-hybridized carbons (Fsp3) is 0.583. The average Bonchev–Trinajstić information content (AvgIpc) is 2.81. The Morgan fingerprint density at radius 3 is 2.45 bits per heavy atom. The van der Waals surface area contributed by atoms with Crippen molar-refractivity contribution in [2.75, 3.05) is 40.1 Å². The molecule has 0 unspecified atom stereocenters. The number of hydrogen-bond acceptors (Lipinski definition) is 7. The van der Waals surface area contributed by atoms with Crippen LogP contribution in [0, 0.1) is 0 Å². The molecule has 0 radical (unpaired) electrons. The number of aromatic nitrogens is 4. The maximum atomic E-state index is 9.00. The average molecular weight is 333 g/mol. The summed E-state index contributed by atoms with van der Waals surface area (Å²) < 4.78 is 7.49. The van der Waals surface area contributed by atoms with Crippen LogP contribution in [0.15, 0.2) is 6.33 Å². The van der Waals surface area contributed by atoms with E-state index < -0.39 is 6.10 Å². The van der Waals surface area contributed by atoms with Crippen molar-refractivity contribution in [3.63, 3.8) is 0 Å². The molecule has 0 fully saturated rings. The summed E-state index contributed by atoms with van der Waals surface area (Å²) in [4.78, 5) is 12.8. The van der Waals surface area contributed by atoms with E-state index in [9.17, 15) is 0 Å². The maximum absolute atomic E-state index is 9.00. The predicted molar refractivity (Wildman–Crippen MR) is 78.3 cm³/mol. The van der Waals surface area contributed by atoms with Gasteiger partial charge in [0.15, 0.2) is 11.2 Å². The van der Waals surface area contributed by atoms with E-state index in [0.29, 0.717) is 21.5 Å². The lowest BCUT2D eigenvalue weighted by molar-refractivity contribution is -0.0488. The van der Waals surface area contributed by atoms with Crippen molar-refractivity contribution in [2.24, 2.45) is 0 Å². The number of nitrogens with two attached hydrogens (primary N) is 1. The minimum Gasteiger partial charge on any atom is -1.00 e. The summed E-state index contributed by atoms with van der Waals surface area (Å²) in [5.41, 5.74) is 6.96. The van der Waals surface area contributed by atoms with Crippen molar-refractivity contribution < 1.29 is 27.4 Å². The Balaban J connectivity index is 0.00000242. The lowest BCUT2D eigenvalue weighted by atomic mass is 10.4. The molecule has 0 saturated heterocycles. The second kappa shape index (κ2) is 7.16. The second-order valence-corrected chi connectivity index (χ2v) is 5.59. The number of nitrogens with zero attached hydrogens (tertiary/aromatic N) is 5. The van der Waals surface area contributed by atoms with E-state index in [4.69, 9.17) is 20.7 Å². The highest BCUT2D eigenvalue weighted by Gasteiger charge is 2.23. The Kier molecular flexibility index (Phi) is 6.03. The van der Waals surface area contributed by atoms with Gasteiger partial charge in [0.2, 0.25) is 5.95 Å². The molecule has 0 aliphatic heterocycles. The standard InChI is InChI=1S/C12H21N6O3.ClH/c1-18(2,3)11-9-10(15-12(13)16-11)17(6-14-9)7-21-8(4-19)5-20;/h6,8,19-20H,4-5,7H2,1-3H3,(H2,13,15,16);1H/q+1;/p-1. The summed E-state index contributed by atoms with van der Waals surface area (Å²) in [6, 6.07) is 0. The van der Waals surface area contributed by atoms with Gasteiger partial charge < -0.3 is 33.1 Å². The zero-order valence-corrected chi connectivity index (χ0v) is 13.5. The highest BCUT2D eigenvalue weighted by atomic mass is 35.5. The maximum Gasteiger partial charge on any atom is 0.260 e. The van der Waals surface area contributed by atoms with Crippen LogP contribution in [0.25, 0.3) is 11.2 Å². The molecular formula is C12H21ClN6O3. The van der Waals surface area contributed by atoms with Gasteiger partial charge in [0.25, 0.3) is 5.82 Å². The van der Waals surface area contributed by atoms with Crippen LogP contribution >= 0.6 is 0 Å². The summed E-state index contributed by atoms with van der Waals surface area (Å²) in [5, 5.41) is 18.0. The van der Waals surface area contributed by atoms with E-state index >= 15 is 0 Å². The Morgan fingerprint density at radius 1 is 1.27 bits per heavy atom. The zero-order chi connectivity index (χ0) is 15.6. The van der Waals surface area contributed by atoms with Gasteiger partial charge in [-0.25, -0.2) is 4.98 Å². The number of nitrogen functional groups attached to an aromatic ring is 1. The van der Waals surface area contributed by atoms with Gasteiger partial charge in [-0.1, -0.05) is 0 Å². The van der Waals surface area contributed by atoms with Gasteiger partial charge in [-0.2, -0.15) is 9.97 Å². The second-order valence-electron chi connectivity index (χ2n) is 5.59. The topological polar surface area (TPSA) is 119 Å². The van der Waals surface area contributed by atoms with Crippen LogP contribution in [0.2, 0.25) is 0 Å². The highest BCUT2D eigenvalue weighted by molar-refractivity contribution is 5.83. The molecule has 2 heterocycles. The first-order chi connectivity index (χ1) is 9.86. The molecular weight excluding hydrogens is 312 g/mol. The van der Waals surface area contributed by atoms with E-state index in [1.807, 2.05) is 21.1 Å². The Labute approximate surface area is 134 Å². The lowest BCUT2D eigenvalue weighted by Gasteiger charge is -2.22. The monoisotopic (exact) mass is 332 g/mol. The number of anilines is 1. The molecule has 2 aromatic rings. The molecule has 2 aromatic heterocycles. The fourth-order valence-corrected chi connectivity index (χ4v) is 1.86. The van der Waals surface area contributed by atoms with Crippen molar-refractivity contribution >= 4 is 22.9 Å². The number of rotatable bonds is 6. The summed E-state index contributed by atoms with van der Waals surface area (Å²) in [7, 11) is 5.89. The van der Waals surface area contributed by atoms with Crippen molar-refractivity contribution in [1.29, 1.82) is 0 Å². The van der Waals surface area contributed by atoms with Crippen molar-refractivity contribution in [2.45, 2.75) is 12.8 Å². The molecule has 0 saturated carbocycles. The van der Waals surface area contributed by atoms with E-state index in [0.717, 1.165) is 0 Å². The first-order valence-corrected chi connectivity index (χ1v) is 6.50. The normalized spacial score (nSPS) is 11.9. The molecule has 124 valence electrons. The van der Waals surface area contributed by atoms with Crippen LogP contribution in [-0.4, -0.2) is 70.2 Å². The summed E-state index contributed by atoms with van der Waals surface area (Å²) in [5.74, 6) is 0.866. The molecule has 0 aromatic carbocycles. The van der Waals surface area contributed by atoms with Crippen molar-refractivity contribution in [1.82, 2.24) is 24.0 Å². The van der Waals surface area contributed by atoms with Crippen LogP contribution in [0.4, 0.5) is 11.8 Å². The van der Waals surface area contributed by atoms with Crippen LogP contribution in [0.3, 0.4) is 0 Å². The van der Waals surface area contributed by atoms with Gasteiger partial charge in [0, 0.05) is 0 Å². The molecule has 22 heavy (non-hydrogen) atoms. The number of ether oxygens (including phenoxy) is 1. The minimum absolute atomic E-state index is 0. The highest BCUT2D eigenvalue weighted by Crippen LogP contribution is 2.25. The van der Waals surface area contributed by atoms with Gasteiger partial charge in [-0.3, -0.25) is 9.05 Å². The number of aliphatic hydroxyl groups is 2. The molecule has 2 rings (SSSR count). The molecule has 0 aliphatic rings. The van der Waals surface area contributed by atoms with Crippen LogP contribution < -0.4 is 22.6 Å². The molecule has 0 aliphatic carbocycles. The van der Waals surface area contributed by atoms with Crippen molar-refractivity contribution in [3.05, 3.63) is 6.33 Å². The molecule has 0 amide bonds. The van der Waals surface area contributed by atoms with Crippen LogP contribution in [0.1, 0.15) is 0 Å². The summed E-state index contributed by atoms with van der Waals surface area (Å²) in [6.07, 6.45) is 0.934. The third-order valence-electron chi connectivity index (χ3n) is 2.95. The fourth-order valence-electron chi connectivity index (χ4n) is 1.86. The van der Waals surface area contributed by atoms with E-state index in [1.165, 1.54) is 0 Å². The van der Waals surface area contributed by atoms with Crippen LogP contribution in [-0.2, 0) is 11.5 Å². The molecule has 0 atom stereocenters. The first-order valence-electron chi connectivity index (χ1n) is 6.50. The van der Waals surface area contributed by atoms with Gasteiger partial charge in [-0.05, 0) is 0 Å². The largest absolute Gasteiger partial charge is 1.00 e. The number of aliphatic hydroxyl groups excluding tert-OH is 2. The molecule has 4 N–H and O–H groups in total. The SMILES string of the molecule is C[N+](C)(C)c1nc(N)nc2c1ncn2COC(CO)CO.[Cl-]. The number of halogens is 1. The minimum atomic E-state index is -0.639. The molecule has 0 spiro atoms. The predicted octanol–water partition coefficient (Wildman–Crippen LogP) is -4.06. The number of fused-ring (bicyclic) bond motifs is 1. The summed E-state index contributed by atoms with van der Waals surface area (Å²) in [6.45, 7) is -0.413. The number of hydrogen-bond donors (Lipinski definition) is 3. The van der Waals surface area contributed by atoms with E-state index in [1.54, 1.807) is 10.9 Å². The van der Waals surface area contributed by atoms with Gasteiger partial charge in [-0.15, -0.1) is 0 Å².